The van der Waals surface area contributed by atoms with Gasteiger partial charge in [0, 0.05) is 24.0 Å². The Kier molecular flexibility index (Phi) is 3.84. The van der Waals surface area contributed by atoms with Crippen molar-refractivity contribution in [2.45, 2.75) is 26.7 Å². The third kappa shape index (κ3) is 2.56. The predicted molar refractivity (Wildman–Crippen MR) is 82.8 cm³/mol. The summed E-state index contributed by atoms with van der Waals surface area (Å²) in [6.45, 7) is 4.79. The number of hydrogen-bond acceptors (Lipinski definition) is 4. The van der Waals surface area contributed by atoms with Gasteiger partial charge in [0.2, 0.25) is 0 Å². The zero-order chi connectivity index (χ0) is 15.7. The lowest BCUT2D eigenvalue weighted by Gasteiger charge is -2.09. The lowest BCUT2D eigenvalue weighted by Crippen LogP contribution is -1.99. The number of ether oxygens (including phenoxy) is 2. The molecule has 0 bridgehead atoms. The molecular formula is C18H18O4. The van der Waals surface area contributed by atoms with Gasteiger partial charge in [0.25, 0.3) is 0 Å². The van der Waals surface area contributed by atoms with Crippen molar-refractivity contribution < 1.29 is 19.1 Å². The van der Waals surface area contributed by atoms with Crippen LogP contribution in [0, 0.1) is 0 Å². The van der Waals surface area contributed by atoms with Crippen LogP contribution in [-0.4, -0.2) is 25.2 Å². The fourth-order valence-electron chi connectivity index (χ4n) is 2.89. The number of cyclic esters (lactones) is 2. The van der Waals surface area contributed by atoms with E-state index in [-0.39, 0.29) is 11.9 Å². The summed E-state index contributed by atoms with van der Waals surface area (Å²) in [6.07, 6.45) is 1.31. The molecule has 0 atom stereocenters. The monoisotopic (exact) mass is 298 g/mol. The quantitative estimate of drug-likeness (QED) is 0.622. The van der Waals surface area contributed by atoms with Crippen LogP contribution in [-0.2, 0) is 19.1 Å². The summed E-state index contributed by atoms with van der Waals surface area (Å²) in [4.78, 5) is 23.4. The number of benzene rings is 1. The second-order valence-electron chi connectivity index (χ2n) is 5.56. The van der Waals surface area contributed by atoms with Gasteiger partial charge in [0.1, 0.15) is 0 Å². The highest BCUT2D eigenvalue weighted by Crippen LogP contribution is 2.29. The number of carbonyl (C=O) groups excluding carboxylic acids is 2. The van der Waals surface area contributed by atoms with E-state index in [9.17, 15) is 9.59 Å². The van der Waals surface area contributed by atoms with Crippen LogP contribution in [0.1, 0.15) is 37.8 Å². The fraction of sp³-hybridized carbons (Fsp3) is 0.333. The van der Waals surface area contributed by atoms with Gasteiger partial charge in [0.15, 0.2) is 0 Å². The Hall–Kier alpha value is -2.36. The average Bonchev–Trinajstić information content (AvgIpc) is 3.14. The van der Waals surface area contributed by atoms with Crippen molar-refractivity contribution in [3.8, 4) is 0 Å². The maximum Gasteiger partial charge on any atom is 0.334 e. The molecule has 3 rings (SSSR count). The van der Waals surface area contributed by atoms with E-state index < -0.39 is 0 Å². The van der Waals surface area contributed by atoms with E-state index in [1.165, 1.54) is 0 Å². The molecule has 2 aliphatic heterocycles. The van der Waals surface area contributed by atoms with Crippen LogP contribution >= 0.6 is 0 Å². The zero-order valence-electron chi connectivity index (χ0n) is 12.8. The van der Waals surface area contributed by atoms with Crippen LogP contribution < -0.4 is 0 Å². The minimum Gasteiger partial charge on any atom is -0.462 e. The highest BCUT2D eigenvalue weighted by atomic mass is 16.5. The van der Waals surface area contributed by atoms with E-state index in [2.05, 4.69) is 0 Å². The van der Waals surface area contributed by atoms with Gasteiger partial charge in [-0.05, 0) is 42.2 Å². The predicted octanol–water partition coefficient (Wildman–Crippen LogP) is 3.13. The number of hydrogen-bond donors (Lipinski definition) is 0. The standard InChI is InChI=1S/C18H18O4/c1-11(15-6-8-21-17(15)19)13-4-3-5-14(10-13)12(2)16-7-9-22-18(16)20/h3-5,10H,6-9H2,1-2H3/b15-11-,16-12-. The Labute approximate surface area is 129 Å². The smallest absolute Gasteiger partial charge is 0.334 e. The number of allylic oxidation sites excluding steroid dienone is 2. The van der Waals surface area contributed by atoms with Crippen LogP contribution in [0.3, 0.4) is 0 Å². The van der Waals surface area contributed by atoms with E-state index in [1.807, 2.05) is 38.1 Å². The summed E-state index contributed by atoms with van der Waals surface area (Å²) in [7, 11) is 0. The van der Waals surface area contributed by atoms with E-state index in [0.717, 1.165) is 33.4 Å². The van der Waals surface area contributed by atoms with Gasteiger partial charge < -0.3 is 9.47 Å². The van der Waals surface area contributed by atoms with Crippen LogP contribution in [0.4, 0.5) is 0 Å². The van der Waals surface area contributed by atoms with Gasteiger partial charge in [-0.2, -0.15) is 0 Å². The summed E-state index contributed by atoms with van der Waals surface area (Å²) in [5.74, 6) is -0.449. The first-order valence-corrected chi connectivity index (χ1v) is 7.42. The zero-order valence-corrected chi connectivity index (χ0v) is 12.8. The van der Waals surface area contributed by atoms with E-state index in [0.29, 0.717) is 26.1 Å². The Balaban J connectivity index is 2.00. The third-order valence-corrected chi connectivity index (χ3v) is 4.30. The first-order chi connectivity index (χ1) is 10.6. The summed E-state index contributed by atoms with van der Waals surface area (Å²) in [5, 5.41) is 0. The second-order valence-corrected chi connectivity index (χ2v) is 5.56. The van der Waals surface area contributed by atoms with Crippen molar-refractivity contribution in [3.05, 3.63) is 46.5 Å². The largest absolute Gasteiger partial charge is 0.462 e. The SMILES string of the molecule is C/C(=C1\CCOC1=O)c1cccc(/C(C)=C2/CCOC2=O)c1. The molecule has 1 aromatic carbocycles. The van der Waals surface area contributed by atoms with Gasteiger partial charge in [-0.1, -0.05) is 18.2 Å². The molecule has 0 aromatic heterocycles. The topological polar surface area (TPSA) is 52.6 Å². The number of carbonyl (C=O) groups is 2. The molecule has 0 radical (unpaired) electrons. The molecule has 2 fully saturated rings. The van der Waals surface area contributed by atoms with Crippen LogP contribution in [0.2, 0.25) is 0 Å². The summed E-state index contributed by atoms with van der Waals surface area (Å²) in [5.41, 5.74) is 5.33. The number of rotatable bonds is 2. The molecule has 0 spiro atoms. The van der Waals surface area contributed by atoms with Crippen molar-refractivity contribution in [3.63, 3.8) is 0 Å². The highest BCUT2D eigenvalue weighted by molar-refractivity contribution is 6.00. The molecule has 114 valence electrons. The molecule has 22 heavy (non-hydrogen) atoms. The van der Waals surface area contributed by atoms with Crippen molar-refractivity contribution in [2.75, 3.05) is 13.2 Å². The molecule has 2 saturated heterocycles. The van der Waals surface area contributed by atoms with E-state index >= 15 is 0 Å². The molecule has 0 unspecified atom stereocenters. The lowest BCUT2D eigenvalue weighted by atomic mass is 9.94. The maximum atomic E-state index is 11.7. The van der Waals surface area contributed by atoms with Crippen molar-refractivity contribution in [1.29, 1.82) is 0 Å². The van der Waals surface area contributed by atoms with E-state index in [1.54, 1.807) is 0 Å². The lowest BCUT2D eigenvalue weighted by molar-refractivity contribution is -0.135. The minimum atomic E-state index is -0.225. The van der Waals surface area contributed by atoms with Crippen LogP contribution in [0.25, 0.3) is 11.1 Å². The third-order valence-electron chi connectivity index (χ3n) is 4.30. The highest BCUT2D eigenvalue weighted by Gasteiger charge is 2.23. The molecule has 0 N–H and O–H groups in total. The van der Waals surface area contributed by atoms with Gasteiger partial charge in [0.05, 0.1) is 13.2 Å². The average molecular weight is 298 g/mol. The fourth-order valence-corrected chi connectivity index (χ4v) is 2.89. The van der Waals surface area contributed by atoms with Crippen molar-refractivity contribution in [1.82, 2.24) is 0 Å². The molecular weight excluding hydrogens is 280 g/mol. The first kappa shape index (κ1) is 14.6. The normalized spacial score (nSPS) is 22.5. The Morgan fingerprint density at radius 3 is 1.68 bits per heavy atom. The Morgan fingerprint density at radius 1 is 0.864 bits per heavy atom. The summed E-state index contributed by atoms with van der Waals surface area (Å²) in [6, 6.07) is 7.91. The van der Waals surface area contributed by atoms with Crippen LogP contribution in [0.15, 0.2) is 35.4 Å². The summed E-state index contributed by atoms with van der Waals surface area (Å²) >= 11 is 0. The second kappa shape index (κ2) is 5.79. The van der Waals surface area contributed by atoms with Gasteiger partial charge in [-0.15, -0.1) is 0 Å². The van der Waals surface area contributed by atoms with Gasteiger partial charge in [-0.3, -0.25) is 0 Å². The Morgan fingerprint density at radius 2 is 1.32 bits per heavy atom. The first-order valence-electron chi connectivity index (χ1n) is 7.42. The summed E-state index contributed by atoms with van der Waals surface area (Å²) < 4.78 is 10.0. The van der Waals surface area contributed by atoms with E-state index in [4.69, 9.17) is 9.47 Å². The molecule has 1 aromatic rings. The molecule has 2 aliphatic rings. The Bertz CT molecular complexity index is 652. The van der Waals surface area contributed by atoms with Crippen molar-refractivity contribution >= 4 is 23.1 Å². The molecule has 2 heterocycles. The van der Waals surface area contributed by atoms with Crippen LogP contribution in [0.5, 0.6) is 0 Å². The molecule has 0 aliphatic carbocycles. The van der Waals surface area contributed by atoms with Crippen molar-refractivity contribution in [2.24, 2.45) is 0 Å². The maximum absolute atomic E-state index is 11.7. The number of esters is 2. The van der Waals surface area contributed by atoms with Gasteiger partial charge >= 0.3 is 11.9 Å². The molecule has 4 nitrogen and oxygen atoms in total. The molecule has 0 saturated carbocycles. The minimum absolute atomic E-state index is 0.225. The molecule has 0 amide bonds. The van der Waals surface area contributed by atoms with Gasteiger partial charge in [-0.25, -0.2) is 9.59 Å². The molecule has 4 heteroatoms.